The maximum absolute atomic E-state index is 11.2. The largest absolute Gasteiger partial charge is 0.460 e. The summed E-state index contributed by atoms with van der Waals surface area (Å²) in [7, 11) is 0. The molecule has 0 bridgehead atoms. The van der Waals surface area contributed by atoms with E-state index >= 15 is 0 Å². The topological polar surface area (TPSA) is 69.4 Å². The number of nitro groups is 1. The van der Waals surface area contributed by atoms with Crippen molar-refractivity contribution in [1.29, 1.82) is 0 Å². The Labute approximate surface area is 98.9 Å². The van der Waals surface area contributed by atoms with Crippen LogP contribution in [0.15, 0.2) is 30.3 Å². The van der Waals surface area contributed by atoms with Crippen LogP contribution in [0.5, 0.6) is 0 Å². The molecule has 90 valence electrons. The molecule has 0 N–H and O–H groups in total. The van der Waals surface area contributed by atoms with Gasteiger partial charge in [0.2, 0.25) is 0 Å². The number of rotatable bonds is 4. The van der Waals surface area contributed by atoms with Crippen molar-refractivity contribution in [3.8, 4) is 0 Å². The third-order valence-electron chi connectivity index (χ3n) is 1.87. The lowest BCUT2D eigenvalue weighted by molar-refractivity contribution is -0.384. The van der Waals surface area contributed by atoms with Gasteiger partial charge in [0.05, 0.1) is 11.0 Å². The molecule has 0 atom stereocenters. The van der Waals surface area contributed by atoms with Crippen LogP contribution < -0.4 is 0 Å². The summed E-state index contributed by atoms with van der Waals surface area (Å²) in [6.07, 6.45) is 2.68. The quantitative estimate of drug-likeness (QED) is 0.348. The summed E-state index contributed by atoms with van der Waals surface area (Å²) in [6.45, 7) is 3.52. The van der Waals surface area contributed by atoms with Gasteiger partial charge in [-0.25, -0.2) is 4.79 Å². The molecule has 1 rings (SSSR count). The first-order valence-corrected chi connectivity index (χ1v) is 5.12. The van der Waals surface area contributed by atoms with Gasteiger partial charge >= 0.3 is 5.97 Å². The van der Waals surface area contributed by atoms with E-state index in [1.165, 1.54) is 18.2 Å². The van der Waals surface area contributed by atoms with Gasteiger partial charge in [0.1, 0.15) is 0 Å². The second-order valence-electron chi connectivity index (χ2n) is 3.67. The van der Waals surface area contributed by atoms with Gasteiger partial charge in [-0.1, -0.05) is 0 Å². The molecule has 0 saturated carbocycles. The number of benzene rings is 1. The van der Waals surface area contributed by atoms with Crippen LogP contribution in [0.3, 0.4) is 0 Å². The van der Waals surface area contributed by atoms with Gasteiger partial charge in [0, 0.05) is 18.2 Å². The zero-order chi connectivity index (χ0) is 12.8. The maximum Gasteiger partial charge on any atom is 0.331 e. The maximum atomic E-state index is 11.2. The van der Waals surface area contributed by atoms with Crippen LogP contribution in [-0.2, 0) is 9.53 Å². The third-order valence-corrected chi connectivity index (χ3v) is 1.87. The summed E-state index contributed by atoms with van der Waals surface area (Å²) >= 11 is 0. The molecule has 17 heavy (non-hydrogen) atoms. The predicted octanol–water partition coefficient (Wildman–Crippen LogP) is 2.56. The summed E-state index contributed by atoms with van der Waals surface area (Å²) in [5, 5.41) is 10.4. The minimum absolute atomic E-state index is 0.0203. The van der Waals surface area contributed by atoms with Gasteiger partial charge in [-0.2, -0.15) is 0 Å². The Bertz CT molecular complexity index is 434. The summed E-state index contributed by atoms with van der Waals surface area (Å²) in [5.41, 5.74) is 0.725. The highest BCUT2D eigenvalue weighted by molar-refractivity contribution is 5.87. The lowest BCUT2D eigenvalue weighted by Crippen LogP contribution is -2.08. The van der Waals surface area contributed by atoms with E-state index in [0.717, 1.165) is 0 Å². The van der Waals surface area contributed by atoms with E-state index in [1.807, 2.05) is 0 Å². The Morgan fingerprint density at radius 2 is 1.94 bits per heavy atom. The lowest BCUT2D eigenvalue weighted by atomic mass is 10.2. The number of hydrogen-bond acceptors (Lipinski definition) is 4. The second-order valence-corrected chi connectivity index (χ2v) is 3.67. The van der Waals surface area contributed by atoms with Crippen LogP contribution >= 0.6 is 0 Å². The Morgan fingerprint density at radius 3 is 2.41 bits per heavy atom. The SMILES string of the molecule is CC(C)OC(=O)/C=C/c1ccc([N+](=O)[O-])cc1. The molecule has 0 aliphatic carbocycles. The molecule has 1 aromatic rings. The molecule has 0 saturated heterocycles. The Morgan fingerprint density at radius 1 is 1.35 bits per heavy atom. The van der Waals surface area contributed by atoms with Crippen molar-refractivity contribution in [2.75, 3.05) is 0 Å². The van der Waals surface area contributed by atoms with Gasteiger partial charge < -0.3 is 4.74 Å². The number of carbonyl (C=O) groups excluding carboxylic acids is 1. The summed E-state index contributed by atoms with van der Waals surface area (Å²) < 4.78 is 4.90. The van der Waals surface area contributed by atoms with Crippen LogP contribution in [0.4, 0.5) is 5.69 Å². The van der Waals surface area contributed by atoms with Gasteiger partial charge in [-0.05, 0) is 37.6 Å². The van der Waals surface area contributed by atoms with E-state index in [0.29, 0.717) is 5.56 Å². The second kappa shape index (κ2) is 5.79. The Hall–Kier alpha value is -2.17. The lowest BCUT2D eigenvalue weighted by Gasteiger charge is -2.03. The van der Waals surface area contributed by atoms with Crippen molar-refractivity contribution in [2.24, 2.45) is 0 Å². The van der Waals surface area contributed by atoms with E-state index in [9.17, 15) is 14.9 Å². The van der Waals surface area contributed by atoms with E-state index < -0.39 is 10.9 Å². The smallest absolute Gasteiger partial charge is 0.331 e. The number of non-ortho nitro benzene ring substituents is 1. The van der Waals surface area contributed by atoms with Crippen molar-refractivity contribution >= 4 is 17.7 Å². The molecule has 0 spiro atoms. The molecule has 1 aromatic carbocycles. The zero-order valence-electron chi connectivity index (χ0n) is 9.62. The third kappa shape index (κ3) is 4.46. The standard InChI is InChI=1S/C12H13NO4/c1-9(2)17-12(14)8-5-10-3-6-11(7-4-10)13(15)16/h3-9H,1-2H3/b8-5+. The van der Waals surface area contributed by atoms with Gasteiger partial charge in [-0.15, -0.1) is 0 Å². The van der Waals surface area contributed by atoms with E-state index in [-0.39, 0.29) is 11.8 Å². The molecule has 0 radical (unpaired) electrons. The number of nitro benzene ring substituents is 1. The highest BCUT2D eigenvalue weighted by Gasteiger charge is 2.03. The van der Waals surface area contributed by atoms with Gasteiger partial charge in [-0.3, -0.25) is 10.1 Å². The van der Waals surface area contributed by atoms with E-state index in [4.69, 9.17) is 4.74 Å². The number of esters is 1. The molecule has 0 aliphatic heterocycles. The molecule has 5 nitrogen and oxygen atoms in total. The first kappa shape index (κ1) is 12.9. The Kier molecular flexibility index (Phi) is 4.39. The van der Waals surface area contributed by atoms with Gasteiger partial charge in [0.15, 0.2) is 0 Å². The number of nitrogens with zero attached hydrogens (tertiary/aromatic N) is 1. The molecule has 0 fully saturated rings. The average Bonchev–Trinajstić information content (AvgIpc) is 2.26. The van der Waals surface area contributed by atoms with Crippen LogP contribution in [0.25, 0.3) is 6.08 Å². The average molecular weight is 235 g/mol. The molecule has 0 aliphatic rings. The van der Waals surface area contributed by atoms with Crippen LogP contribution in [0.1, 0.15) is 19.4 Å². The predicted molar refractivity (Wildman–Crippen MR) is 63.4 cm³/mol. The van der Waals surface area contributed by atoms with Crippen LogP contribution in [-0.4, -0.2) is 17.0 Å². The summed E-state index contributed by atoms with van der Waals surface area (Å²) in [5.74, 6) is -0.432. The first-order valence-electron chi connectivity index (χ1n) is 5.12. The number of ether oxygens (including phenoxy) is 1. The molecular formula is C12H13NO4. The van der Waals surface area contributed by atoms with Crippen molar-refractivity contribution in [3.05, 3.63) is 46.0 Å². The first-order chi connectivity index (χ1) is 7.99. The van der Waals surface area contributed by atoms with Crippen molar-refractivity contribution in [3.63, 3.8) is 0 Å². The Balaban J connectivity index is 2.66. The molecule has 0 unspecified atom stereocenters. The fraction of sp³-hybridized carbons (Fsp3) is 0.250. The van der Waals surface area contributed by atoms with Crippen molar-refractivity contribution in [1.82, 2.24) is 0 Å². The van der Waals surface area contributed by atoms with Crippen molar-refractivity contribution < 1.29 is 14.5 Å². The zero-order valence-corrected chi connectivity index (χ0v) is 9.62. The molecule has 5 heteroatoms. The van der Waals surface area contributed by atoms with Crippen LogP contribution in [0, 0.1) is 10.1 Å². The van der Waals surface area contributed by atoms with Gasteiger partial charge in [0.25, 0.3) is 5.69 Å². The highest BCUT2D eigenvalue weighted by Crippen LogP contribution is 2.12. The van der Waals surface area contributed by atoms with E-state index in [1.54, 1.807) is 32.1 Å². The normalized spacial score (nSPS) is 10.8. The number of carbonyl (C=O) groups is 1. The minimum atomic E-state index is -0.472. The molecular weight excluding hydrogens is 222 g/mol. The molecule has 0 amide bonds. The summed E-state index contributed by atoms with van der Waals surface area (Å²) in [4.78, 5) is 21.1. The number of hydrogen-bond donors (Lipinski definition) is 0. The van der Waals surface area contributed by atoms with E-state index in [2.05, 4.69) is 0 Å². The van der Waals surface area contributed by atoms with Crippen LogP contribution in [0.2, 0.25) is 0 Å². The fourth-order valence-corrected chi connectivity index (χ4v) is 1.14. The summed E-state index contributed by atoms with van der Waals surface area (Å²) in [6, 6.07) is 5.90. The minimum Gasteiger partial charge on any atom is -0.460 e. The molecule has 0 heterocycles. The fourth-order valence-electron chi connectivity index (χ4n) is 1.14. The highest BCUT2D eigenvalue weighted by atomic mass is 16.6. The monoisotopic (exact) mass is 235 g/mol. The van der Waals surface area contributed by atoms with Crippen molar-refractivity contribution in [2.45, 2.75) is 20.0 Å². The molecule has 0 aromatic heterocycles.